The van der Waals surface area contributed by atoms with Crippen LogP contribution in [0.3, 0.4) is 0 Å². The molecule has 0 amide bonds. The quantitative estimate of drug-likeness (QED) is 0.0567. The normalized spacial score (nSPS) is 12.0. The second-order valence-electron chi connectivity index (χ2n) is 13.5. The first-order valence-electron chi connectivity index (χ1n) is 19.5. The Kier molecular flexibility index (Phi) is 34.5. The summed E-state index contributed by atoms with van der Waals surface area (Å²) in [5.74, 6) is -0.658. The maximum atomic E-state index is 12.5. The monoisotopic (exact) mass is 609 g/mol. The van der Waals surface area contributed by atoms with Crippen molar-refractivity contribution in [1.29, 1.82) is 0 Å². The Morgan fingerprint density at radius 2 is 0.698 bits per heavy atom. The number of esters is 1. The average molecular weight is 609 g/mol. The van der Waals surface area contributed by atoms with E-state index in [-0.39, 0.29) is 12.1 Å². The lowest BCUT2D eigenvalue weighted by atomic mass is 10.0. The number of unbranched alkanes of at least 4 members (excludes halogenated alkanes) is 27. The number of ether oxygens (including phenoxy) is 1. The molecule has 0 saturated carbocycles. The fourth-order valence-electron chi connectivity index (χ4n) is 6.19. The molecule has 0 heterocycles. The molecule has 0 aromatic rings. The van der Waals surface area contributed by atoms with Crippen molar-refractivity contribution in [2.45, 2.75) is 238 Å². The Morgan fingerprint density at radius 3 is 1.07 bits per heavy atom. The molecule has 0 aliphatic heterocycles. The van der Waals surface area contributed by atoms with E-state index in [4.69, 9.17) is 9.84 Å². The fourth-order valence-corrected chi connectivity index (χ4v) is 6.19. The highest BCUT2D eigenvalue weighted by molar-refractivity contribution is 5.69. The fraction of sp³-hybridized carbons (Fsp3) is 0.949. The molecule has 4 heteroatoms. The van der Waals surface area contributed by atoms with Crippen LogP contribution in [0.5, 0.6) is 0 Å². The highest BCUT2D eigenvalue weighted by Crippen LogP contribution is 2.19. The number of hydrogen-bond acceptors (Lipinski definition) is 3. The number of carboxylic acid groups (broad SMARTS) is 1. The molecule has 43 heavy (non-hydrogen) atoms. The lowest BCUT2D eigenvalue weighted by molar-refractivity contribution is -0.150. The Hall–Kier alpha value is -1.06. The second kappa shape index (κ2) is 35.4. The second-order valence-corrected chi connectivity index (χ2v) is 13.5. The van der Waals surface area contributed by atoms with Gasteiger partial charge in [0.05, 0.1) is 0 Å². The third kappa shape index (κ3) is 35.3. The first-order chi connectivity index (χ1) is 21.1. The van der Waals surface area contributed by atoms with Crippen LogP contribution in [0.2, 0.25) is 0 Å². The maximum Gasteiger partial charge on any atom is 0.306 e. The summed E-state index contributed by atoms with van der Waals surface area (Å²) in [5, 5.41) is 8.70. The third-order valence-corrected chi connectivity index (χ3v) is 9.08. The van der Waals surface area contributed by atoms with E-state index in [1.807, 2.05) is 0 Å². The zero-order valence-electron chi connectivity index (χ0n) is 29.3. The van der Waals surface area contributed by atoms with E-state index in [1.54, 1.807) is 0 Å². The van der Waals surface area contributed by atoms with E-state index in [1.165, 1.54) is 148 Å². The van der Waals surface area contributed by atoms with Crippen molar-refractivity contribution in [2.24, 2.45) is 0 Å². The number of carbonyl (C=O) groups excluding carboxylic acids is 1. The average Bonchev–Trinajstić information content (AvgIpc) is 2.99. The lowest BCUT2D eigenvalue weighted by Crippen LogP contribution is -2.18. The van der Waals surface area contributed by atoms with Gasteiger partial charge in [0, 0.05) is 12.8 Å². The van der Waals surface area contributed by atoms with Gasteiger partial charge in [0.2, 0.25) is 0 Å². The molecule has 0 aliphatic carbocycles. The predicted octanol–water partition coefficient (Wildman–Crippen LogP) is 13.3. The summed E-state index contributed by atoms with van der Waals surface area (Å²) >= 11 is 0. The summed E-state index contributed by atoms with van der Waals surface area (Å²) in [6.07, 6.45) is 41.6. The zero-order chi connectivity index (χ0) is 31.5. The minimum Gasteiger partial charge on any atom is -0.481 e. The van der Waals surface area contributed by atoms with Gasteiger partial charge in [-0.2, -0.15) is 0 Å². The molecule has 4 nitrogen and oxygen atoms in total. The molecule has 256 valence electrons. The Bertz CT molecular complexity index is 576. The van der Waals surface area contributed by atoms with Crippen LogP contribution < -0.4 is 0 Å². The lowest BCUT2D eigenvalue weighted by Gasteiger charge is -2.18. The minimum atomic E-state index is -0.681. The Balaban J connectivity index is 3.62. The zero-order valence-corrected chi connectivity index (χ0v) is 29.3. The van der Waals surface area contributed by atoms with E-state index in [2.05, 4.69) is 13.8 Å². The van der Waals surface area contributed by atoms with Crippen LogP contribution in [-0.4, -0.2) is 23.1 Å². The van der Waals surface area contributed by atoms with Crippen LogP contribution in [-0.2, 0) is 14.3 Å². The van der Waals surface area contributed by atoms with E-state index < -0.39 is 5.97 Å². The summed E-state index contributed by atoms with van der Waals surface area (Å²) in [6, 6.07) is 0. The number of aliphatic carboxylic acids is 1. The first kappa shape index (κ1) is 41.9. The van der Waals surface area contributed by atoms with Gasteiger partial charge in [0.1, 0.15) is 6.10 Å². The molecule has 0 bridgehead atoms. The molecule has 0 spiro atoms. The van der Waals surface area contributed by atoms with Crippen molar-refractivity contribution in [3.63, 3.8) is 0 Å². The summed E-state index contributed by atoms with van der Waals surface area (Å²) in [4.78, 5) is 23.1. The molecule has 0 saturated heterocycles. The summed E-state index contributed by atoms with van der Waals surface area (Å²) in [5.41, 5.74) is 0. The van der Waals surface area contributed by atoms with Gasteiger partial charge < -0.3 is 9.84 Å². The molecular formula is C39H76O4. The first-order valence-corrected chi connectivity index (χ1v) is 19.5. The molecule has 1 unspecified atom stereocenters. The Morgan fingerprint density at radius 1 is 0.419 bits per heavy atom. The standard InChI is InChI=1S/C39H76O4/c1-3-5-7-8-9-10-11-12-13-14-15-16-17-18-19-20-25-28-32-36-39(42)43-37(33-29-6-4-2)34-30-26-23-21-22-24-27-31-35-38(40)41/h37H,3-36H2,1-2H3,(H,40,41). The van der Waals surface area contributed by atoms with Crippen molar-refractivity contribution < 1.29 is 19.4 Å². The van der Waals surface area contributed by atoms with Gasteiger partial charge in [0.15, 0.2) is 0 Å². The van der Waals surface area contributed by atoms with E-state index in [0.29, 0.717) is 12.8 Å². The molecule has 1 N–H and O–H groups in total. The van der Waals surface area contributed by atoms with Gasteiger partial charge >= 0.3 is 11.9 Å². The number of rotatable bonds is 36. The highest BCUT2D eigenvalue weighted by atomic mass is 16.5. The summed E-state index contributed by atoms with van der Waals surface area (Å²) in [6.45, 7) is 4.52. The molecule has 0 rings (SSSR count). The van der Waals surface area contributed by atoms with Gasteiger partial charge in [-0.15, -0.1) is 0 Å². The molecule has 0 aromatic heterocycles. The highest BCUT2D eigenvalue weighted by Gasteiger charge is 2.14. The molecule has 0 aromatic carbocycles. The molecule has 0 fully saturated rings. The van der Waals surface area contributed by atoms with Crippen LogP contribution in [0.4, 0.5) is 0 Å². The van der Waals surface area contributed by atoms with Crippen LogP contribution in [0, 0.1) is 0 Å². The van der Waals surface area contributed by atoms with Gasteiger partial charge in [-0.05, 0) is 38.5 Å². The van der Waals surface area contributed by atoms with Crippen molar-refractivity contribution in [2.75, 3.05) is 0 Å². The van der Waals surface area contributed by atoms with Crippen LogP contribution >= 0.6 is 0 Å². The molecule has 0 aliphatic rings. The van der Waals surface area contributed by atoms with Gasteiger partial charge in [-0.1, -0.05) is 181 Å². The van der Waals surface area contributed by atoms with Crippen LogP contribution in [0.15, 0.2) is 0 Å². The number of hydrogen-bond donors (Lipinski definition) is 1. The molecule has 0 radical (unpaired) electrons. The summed E-state index contributed by atoms with van der Waals surface area (Å²) < 4.78 is 5.94. The third-order valence-electron chi connectivity index (χ3n) is 9.08. The van der Waals surface area contributed by atoms with E-state index in [0.717, 1.165) is 57.8 Å². The van der Waals surface area contributed by atoms with Crippen LogP contribution in [0.25, 0.3) is 0 Å². The number of carboxylic acids is 1. The predicted molar refractivity (Wildman–Crippen MR) is 186 cm³/mol. The van der Waals surface area contributed by atoms with E-state index in [9.17, 15) is 9.59 Å². The minimum absolute atomic E-state index is 0.0230. The largest absolute Gasteiger partial charge is 0.481 e. The van der Waals surface area contributed by atoms with Crippen molar-refractivity contribution in [3.05, 3.63) is 0 Å². The van der Waals surface area contributed by atoms with Crippen LogP contribution in [0.1, 0.15) is 232 Å². The smallest absolute Gasteiger partial charge is 0.306 e. The van der Waals surface area contributed by atoms with Gasteiger partial charge in [-0.3, -0.25) is 9.59 Å². The molecule has 1 atom stereocenters. The molecular weight excluding hydrogens is 532 g/mol. The topological polar surface area (TPSA) is 63.6 Å². The maximum absolute atomic E-state index is 12.5. The van der Waals surface area contributed by atoms with Crippen molar-refractivity contribution in [1.82, 2.24) is 0 Å². The van der Waals surface area contributed by atoms with E-state index >= 15 is 0 Å². The SMILES string of the molecule is CCCCCCCCCCCCCCCCCCCCCC(=O)OC(CCCCC)CCCCCCCCCCC(=O)O. The Labute approximate surface area is 269 Å². The van der Waals surface area contributed by atoms with Crippen molar-refractivity contribution >= 4 is 11.9 Å². The van der Waals surface area contributed by atoms with Gasteiger partial charge in [-0.25, -0.2) is 0 Å². The summed E-state index contributed by atoms with van der Waals surface area (Å²) in [7, 11) is 0. The van der Waals surface area contributed by atoms with Gasteiger partial charge in [0.25, 0.3) is 0 Å². The number of carbonyl (C=O) groups is 2. The van der Waals surface area contributed by atoms with Crippen molar-refractivity contribution in [3.8, 4) is 0 Å².